The van der Waals surface area contributed by atoms with Crippen LogP contribution in [0.1, 0.15) is 43.1 Å². The minimum atomic E-state index is 0.183. The fourth-order valence-electron chi connectivity index (χ4n) is 2.37. The summed E-state index contributed by atoms with van der Waals surface area (Å²) in [5.41, 5.74) is 3.71. The quantitative estimate of drug-likeness (QED) is 0.757. The summed E-state index contributed by atoms with van der Waals surface area (Å²) in [6.45, 7) is 4.16. The number of pyridine rings is 1. The lowest BCUT2D eigenvalue weighted by atomic mass is 10.1. The number of aryl methyl sites for hydroxylation is 1. The molecular formula is C12H16BrNO. The maximum atomic E-state index is 12.1. The molecule has 0 saturated carbocycles. The Morgan fingerprint density at radius 3 is 2.80 bits per heavy atom. The molecule has 0 saturated heterocycles. The van der Waals surface area contributed by atoms with Crippen LogP contribution < -0.4 is 5.56 Å². The molecule has 0 spiro atoms. The van der Waals surface area contributed by atoms with Gasteiger partial charge in [0, 0.05) is 22.6 Å². The van der Waals surface area contributed by atoms with E-state index >= 15 is 0 Å². The third-order valence-corrected chi connectivity index (χ3v) is 3.63. The zero-order valence-electron chi connectivity index (χ0n) is 9.22. The first-order chi connectivity index (χ1) is 7.15. The molecule has 1 heterocycles. The lowest BCUT2D eigenvalue weighted by Crippen LogP contribution is -2.27. The monoisotopic (exact) mass is 269 g/mol. The van der Waals surface area contributed by atoms with Crippen LogP contribution in [-0.4, -0.2) is 4.57 Å². The molecule has 2 rings (SSSR count). The SMILES string of the molecule is CC(C)n1c2c(cc(CBr)c1=O)CCC2. The minimum Gasteiger partial charge on any atom is -0.310 e. The first kappa shape index (κ1) is 10.9. The Kier molecular flexibility index (Phi) is 3.01. The van der Waals surface area contributed by atoms with E-state index in [1.54, 1.807) is 0 Å². The van der Waals surface area contributed by atoms with Crippen molar-refractivity contribution in [2.45, 2.75) is 44.5 Å². The molecule has 1 aliphatic carbocycles. The molecule has 82 valence electrons. The van der Waals surface area contributed by atoms with Crippen molar-refractivity contribution in [3.8, 4) is 0 Å². The van der Waals surface area contributed by atoms with Crippen LogP contribution in [0.2, 0.25) is 0 Å². The van der Waals surface area contributed by atoms with Crippen LogP contribution in [0.15, 0.2) is 10.9 Å². The van der Waals surface area contributed by atoms with Gasteiger partial charge >= 0.3 is 0 Å². The second kappa shape index (κ2) is 4.12. The summed E-state index contributed by atoms with van der Waals surface area (Å²) < 4.78 is 1.97. The first-order valence-electron chi connectivity index (χ1n) is 5.47. The maximum absolute atomic E-state index is 12.1. The maximum Gasteiger partial charge on any atom is 0.255 e. The molecule has 0 N–H and O–H groups in total. The van der Waals surface area contributed by atoms with E-state index in [0.29, 0.717) is 5.33 Å². The van der Waals surface area contributed by atoms with Crippen molar-refractivity contribution in [1.29, 1.82) is 0 Å². The summed E-state index contributed by atoms with van der Waals surface area (Å²) in [6.07, 6.45) is 3.38. The topological polar surface area (TPSA) is 22.0 Å². The molecule has 0 aliphatic heterocycles. The second-order valence-corrected chi connectivity index (χ2v) is 4.96. The fraction of sp³-hybridized carbons (Fsp3) is 0.583. The summed E-state index contributed by atoms with van der Waals surface area (Å²) in [6, 6.07) is 2.35. The summed E-state index contributed by atoms with van der Waals surface area (Å²) in [5, 5.41) is 0.659. The van der Waals surface area contributed by atoms with E-state index in [1.165, 1.54) is 17.7 Å². The largest absolute Gasteiger partial charge is 0.310 e. The van der Waals surface area contributed by atoms with E-state index in [1.807, 2.05) is 4.57 Å². The lowest BCUT2D eigenvalue weighted by molar-refractivity contribution is 0.551. The van der Waals surface area contributed by atoms with Crippen molar-refractivity contribution in [3.05, 3.63) is 33.2 Å². The number of nitrogens with zero attached hydrogens (tertiary/aromatic N) is 1. The number of rotatable bonds is 2. The normalized spacial score (nSPS) is 14.7. The number of hydrogen-bond donors (Lipinski definition) is 0. The molecule has 15 heavy (non-hydrogen) atoms. The van der Waals surface area contributed by atoms with Crippen LogP contribution >= 0.6 is 15.9 Å². The predicted molar refractivity (Wildman–Crippen MR) is 65.7 cm³/mol. The molecule has 2 nitrogen and oxygen atoms in total. The highest BCUT2D eigenvalue weighted by molar-refractivity contribution is 9.08. The Labute approximate surface area is 98.4 Å². The van der Waals surface area contributed by atoms with Crippen LogP contribution in [0.5, 0.6) is 0 Å². The van der Waals surface area contributed by atoms with Crippen LogP contribution in [0.4, 0.5) is 0 Å². The first-order valence-corrected chi connectivity index (χ1v) is 6.59. The number of hydrogen-bond acceptors (Lipinski definition) is 1. The number of fused-ring (bicyclic) bond motifs is 1. The lowest BCUT2D eigenvalue weighted by Gasteiger charge is -2.17. The van der Waals surface area contributed by atoms with E-state index < -0.39 is 0 Å². The Morgan fingerprint density at radius 2 is 2.20 bits per heavy atom. The Hall–Kier alpha value is -0.570. The van der Waals surface area contributed by atoms with Gasteiger partial charge in [-0.1, -0.05) is 15.9 Å². The molecule has 0 aromatic carbocycles. The molecule has 0 fully saturated rings. The molecule has 0 amide bonds. The Balaban J connectivity index is 2.69. The summed E-state index contributed by atoms with van der Waals surface area (Å²) in [5.74, 6) is 0. The van der Waals surface area contributed by atoms with E-state index in [4.69, 9.17) is 0 Å². The number of alkyl halides is 1. The zero-order valence-corrected chi connectivity index (χ0v) is 10.8. The van der Waals surface area contributed by atoms with Crippen molar-refractivity contribution in [2.24, 2.45) is 0 Å². The minimum absolute atomic E-state index is 0.183. The third-order valence-electron chi connectivity index (χ3n) is 3.02. The van der Waals surface area contributed by atoms with Crippen LogP contribution in [0.3, 0.4) is 0 Å². The van der Waals surface area contributed by atoms with Crippen LogP contribution in [-0.2, 0) is 18.2 Å². The van der Waals surface area contributed by atoms with Crippen molar-refractivity contribution < 1.29 is 0 Å². The molecule has 3 heteroatoms. The Morgan fingerprint density at radius 1 is 1.47 bits per heavy atom. The highest BCUT2D eigenvalue weighted by Gasteiger charge is 2.19. The highest BCUT2D eigenvalue weighted by atomic mass is 79.9. The number of halogens is 1. The molecule has 1 aromatic rings. The van der Waals surface area contributed by atoms with Gasteiger partial charge in [0.05, 0.1) is 0 Å². The number of aromatic nitrogens is 1. The van der Waals surface area contributed by atoms with Gasteiger partial charge in [0.1, 0.15) is 0 Å². The van der Waals surface area contributed by atoms with Gasteiger partial charge in [0.2, 0.25) is 0 Å². The fourth-order valence-corrected chi connectivity index (χ4v) is 2.77. The van der Waals surface area contributed by atoms with E-state index in [0.717, 1.165) is 18.4 Å². The molecule has 1 aromatic heterocycles. The van der Waals surface area contributed by atoms with Crippen LogP contribution in [0, 0.1) is 0 Å². The average Bonchev–Trinajstić information content (AvgIpc) is 2.63. The molecule has 1 aliphatic rings. The van der Waals surface area contributed by atoms with Gasteiger partial charge in [-0.2, -0.15) is 0 Å². The van der Waals surface area contributed by atoms with Crippen molar-refractivity contribution >= 4 is 15.9 Å². The van der Waals surface area contributed by atoms with Gasteiger partial charge in [-0.05, 0) is 44.7 Å². The van der Waals surface area contributed by atoms with Crippen LogP contribution in [0.25, 0.3) is 0 Å². The average molecular weight is 270 g/mol. The molecule has 0 bridgehead atoms. The summed E-state index contributed by atoms with van der Waals surface area (Å²) in [4.78, 5) is 12.1. The van der Waals surface area contributed by atoms with E-state index in [9.17, 15) is 4.79 Å². The summed E-state index contributed by atoms with van der Waals surface area (Å²) in [7, 11) is 0. The van der Waals surface area contributed by atoms with Crippen molar-refractivity contribution in [3.63, 3.8) is 0 Å². The van der Waals surface area contributed by atoms with Gasteiger partial charge in [0.15, 0.2) is 0 Å². The standard InChI is InChI=1S/C12H16BrNO/c1-8(2)14-11-5-3-4-9(11)6-10(7-13)12(14)15/h6,8H,3-5,7H2,1-2H3. The van der Waals surface area contributed by atoms with Gasteiger partial charge in [-0.15, -0.1) is 0 Å². The van der Waals surface area contributed by atoms with Crippen molar-refractivity contribution in [1.82, 2.24) is 4.57 Å². The van der Waals surface area contributed by atoms with Crippen molar-refractivity contribution in [2.75, 3.05) is 0 Å². The predicted octanol–water partition coefficient (Wildman–Crippen LogP) is 2.81. The third kappa shape index (κ3) is 1.78. The highest BCUT2D eigenvalue weighted by Crippen LogP contribution is 2.24. The smallest absolute Gasteiger partial charge is 0.255 e. The van der Waals surface area contributed by atoms with Gasteiger partial charge in [-0.3, -0.25) is 4.79 Å². The zero-order chi connectivity index (χ0) is 11.0. The van der Waals surface area contributed by atoms with Gasteiger partial charge < -0.3 is 4.57 Å². The van der Waals surface area contributed by atoms with E-state index in [-0.39, 0.29) is 11.6 Å². The molecule has 0 radical (unpaired) electrons. The summed E-state index contributed by atoms with van der Waals surface area (Å²) >= 11 is 3.39. The molecular weight excluding hydrogens is 254 g/mol. The molecule has 0 atom stereocenters. The second-order valence-electron chi connectivity index (χ2n) is 4.40. The van der Waals surface area contributed by atoms with Gasteiger partial charge in [0.25, 0.3) is 5.56 Å². The van der Waals surface area contributed by atoms with E-state index in [2.05, 4.69) is 35.8 Å². The molecule has 0 unspecified atom stereocenters. The Bertz CT molecular complexity index is 434. The van der Waals surface area contributed by atoms with Gasteiger partial charge in [-0.25, -0.2) is 0 Å².